The highest BCUT2D eigenvalue weighted by atomic mass is 127. The summed E-state index contributed by atoms with van der Waals surface area (Å²) in [6, 6.07) is 0. The third-order valence-corrected chi connectivity index (χ3v) is 5.68. The Morgan fingerprint density at radius 2 is 1.76 bits per heavy atom. The molecule has 6 nitrogen and oxygen atoms in total. The number of thioether (sulfide) groups is 1. The number of rotatable bonds is 6. The van der Waals surface area contributed by atoms with Gasteiger partial charge in [0.2, 0.25) is 5.91 Å². The van der Waals surface area contributed by atoms with Crippen molar-refractivity contribution in [2.45, 2.75) is 31.9 Å². The molecule has 1 N–H and O–H groups in total. The number of carbonyl (C=O) groups is 1. The van der Waals surface area contributed by atoms with E-state index >= 15 is 0 Å². The molecule has 1 atom stereocenters. The molecule has 2 heterocycles. The first-order chi connectivity index (χ1) is 11.6. The van der Waals surface area contributed by atoms with Gasteiger partial charge >= 0.3 is 0 Å². The molecule has 0 aliphatic carbocycles. The Morgan fingerprint density at radius 1 is 1.12 bits per heavy atom. The molecule has 2 aliphatic rings. The number of amides is 1. The molecule has 0 bridgehead atoms. The molecule has 1 unspecified atom stereocenters. The lowest BCUT2D eigenvalue weighted by atomic mass is 10.3. The Bertz CT molecular complexity index is 423. The highest BCUT2D eigenvalue weighted by Crippen LogP contribution is 2.10. The van der Waals surface area contributed by atoms with Crippen LogP contribution >= 0.6 is 35.7 Å². The SMILES string of the molecule is CCNC(=NCC(C)SC)N1CCN(CC(=O)N2CCCC2)CC1.I. The molecule has 0 spiro atoms. The summed E-state index contributed by atoms with van der Waals surface area (Å²) in [5, 5.41) is 3.94. The average molecular weight is 483 g/mol. The molecule has 25 heavy (non-hydrogen) atoms. The first kappa shape index (κ1) is 22.8. The van der Waals surface area contributed by atoms with Crippen molar-refractivity contribution in [3.05, 3.63) is 0 Å². The number of halogens is 1. The Hall–Kier alpha value is -0.220. The summed E-state index contributed by atoms with van der Waals surface area (Å²) in [5.74, 6) is 1.32. The second-order valence-corrected chi connectivity index (χ2v) is 7.87. The van der Waals surface area contributed by atoms with Crippen molar-refractivity contribution in [1.29, 1.82) is 0 Å². The van der Waals surface area contributed by atoms with Crippen LogP contribution in [0.4, 0.5) is 0 Å². The normalized spacial score (nSPS) is 20.4. The molecule has 146 valence electrons. The minimum atomic E-state index is 0. The van der Waals surface area contributed by atoms with E-state index in [0.717, 1.165) is 71.2 Å². The predicted molar refractivity (Wildman–Crippen MR) is 118 cm³/mol. The summed E-state index contributed by atoms with van der Waals surface area (Å²) in [4.78, 5) is 23.7. The summed E-state index contributed by atoms with van der Waals surface area (Å²) in [6.45, 7) is 12.3. The van der Waals surface area contributed by atoms with Gasteiger partial charge in [-0.15, -0.1) is 24.0 Å². The fourth-order valence-electron chi connectivity index (χ4n) is 3.09. The van der Waals surface area contributed by atoms with Crippen molar-refractivity contribution in [2.24, 2.45) is 4.99 Å². The maximum absolute atomic E-state index is 12.3. The van der Waals surface area contributed by atoms with E-state index in [1.165, 1.54) is 0 Å². The molecule has 0 aromatic carbocycles. The predicted octanol–water partition coefficient (Wildman–Crippen LogP) is 1.56. The Kier molecular flexibility index (Phi) is 11.2. The molecule has 2 aliphatic heterocycles. The van der Waals surface area contributed by atoms with Crippen LogP contribution in [0.25, 0.3) is 0 Å². The Morgan fingerprint density at radius 3 is 2.32 bits per heavy atom. The van der Waals surface area contributed by atoms with Crippen molar-refractivity contribution < 1.29 is 4.79 Å². The quantitative estimate of drug-likeness (QED) is 0.353. The zero-order valence-electron chi connectivity index (χ0n) is 15.9. The van der Waals surface area contributed by atoms with Crippen LogP contribution in [0.1, 0.15) is 26.7 Å². The molecule has 0 radical (unpaired) electrons. The van der Waals surface area contributed by atoms with Gasteiger partial charge in [-0.2, -0.15) is 11.8 Å². The minimum Gasteiger partial charge on any atom is -0.357 e. The molecule has 0 aromatic rings. The number of nitrogens with zero attached hydrogens (tertiary/aromatic N) is 4. The summed E-state index contributed by atoms with van der Waals surface area (Å²) in [5.41, 5.74) is 0. The Labute approximate surface area is 174 Å². The standard InChI is InChI=1S/C17H33N5OS.HI/c1-4-18-17(19-13-15(2)24-3)22-11-9-20(10-12-22)14-16(23)21-7-5-6-8-21;/h15H,4-14H2,1-3H3,(H,18,19);1H. The lowest BCUT2D eigenvalue weighted by molar-refractivity contribution is -0.131. The molecule has 2 fully saturated rings. The molecule has 0 aromatic heterocycles. The smallest absolute Gasteiger partial charge is 0.236 e. The molecule has 1 amide bonds. The number of guanidine groups is 1. The van der Waals surface area contributed by atoms with Gasteiger partial charge in [-0.1, -0.05) is 6.92 Å². The monoisotopic (exact) mass is 483 g/mol. The number of carbonyl (C=O) groups excluding carboxylic acids is 1. The van der Waals surface area contributed by atoms with E-state index in [-0.39, 0.29) is 24.0 Å². The second kappa shape index (κ2) is 12.2. The molecule has 8 heteroatoms. The van der Waals surface area contributed by atoms with E-state index in [1.54, 1.807) is 0 Å². The molecule has 2 rings (SSSR count). The van der Waals surface area contributed by atoms with E-state index in [0.29, 0.717) is 17.7 Å². The number of hydrogen-bond acceptors (Lipinski definition) is 4. The Balaban J connectivity index is 0.00000312. The van der Waals surface area contributed by atoms with Crippen molar-refractivity contribution in [2.75, 3.05) is 65.2 Å². The van der Waals surface area contributed by atoms with Crippen LogP contribution in [-0.4, -0.2) is 97.0 Å². The summed E-state index contributed by atoms with van der Waals surface area (Å²) >= 11 is 1.85. The van der Waals surface area contributed by atoms with E-state index in [2.05, 4.69) is 35.2 Å². The average Bonchev–Trinajstić information content (AvgIpc) is 3.14. The lowest BCUT2D eigenvalue weighted by Crippen LogP contribution is -2.54. The molecule has 2 saturated heterocycles. The van der Waals surface area contributed by atoms with E-state index in [9.17, 15) is 4.79 Å². The van der Waals surface area contributed by atoms with Gasteiger partial charge in [-0.3, -0.25) is 14.7 Å². The first-order valence-corrected chi connectivity index (χ1v) is 10.5. The number of hydrogen-bond donors (Lipinski definition) is 1. The van der Waals surface area contributed by atoms with Gasteiger partial charge in [0.15, 0.2) is 5.96 Å². The van der Waals surface area contributed by atoms with Gasteiger partial charge in [0.05, 0.1) is 13.1 Å². The molecule has 0 saturated carbocycles. The van der Waals surface area contributed by atoms with Gasteiger partial charge in [0.1, 0.15) is 0 Å². The fourth-order valence-corrected chi connectivity index (χ4v) is 3.31. The van der Waals surface area contributed by atoms with Gasteiger partial charge < -0.3 is 15.1 Å². The largest absolute Gasteiger partial charge is 0.357 e. The number of piperazine rings is 1. The summed E-state index contributed by atoms with van der Waals surface area (Å²) < 4.78 is 0. The van der Waals surface area contributed by atoms with Crippen LogP contribution in [0.5, 0.6) is 0 Å². The van der Waals surface area contributed by atoms with E-state index < -0.39 is 0 Å². The topological polar surface area (TPSA) is 51.2 Å². The number of likely N-dealkylation sites (tertiary alicyclic amines) is 1. The van der Waals surface area contributed by atoms with Crippen LogP contribution in [-0.2, 0) is 4.79 Å². The van der Waals surface area contributed by atoms with Crippen LogP contribution in [0.2, 0.25) is 0 Å². The van der Waals surface area contributed by atoms with Crippen molar-refractivity contribution in [1.82, 2.24) is 20.0 Å². The van der Waals surface area contributed by atoms with Gasteiger partial charge in [-0.05, 0) is 26.0 Å². The van der Waals surface area contributed by atoms with Gasteiger partial charge in [-0.25, -0.2) is 0 Å². The van der Waals surface area contributed by atoms with Crippen LogP contribution in [0.15, 0.2) is 4.99 Å². The zero-order valence-corrected chi connectivity index (χ0v) is 19.0. The summed E-state index contributed by atoms with van der Waals surface area (Å²) in [6.07, 6.45) is 4.45. The van der Waals surface area contributed by atoms with Crippen molar-refractivity contribution in [3.63, 3.8) is 0 Å². The van der Waals surface area contributed by atoms with Crippen LogP contribution in [0, 0.1) is 0 Å². The first-order valence-electron chi connectivity index (χ1n) is 9.20. The summed E-state index contributed by atoms with van der Waals surface area (Å²) in [7, 11) is 0. The van der Waals surface area contributed by atoms with Crippen LogP contribution in [0.3, 0.4) is 0 Å². The van der Waals surface area contributed by atoms with E-state index in [4.69, 9.17) is 4.99 Å². The maximum Gasteiger partial charge on any atom is 0.236 e. The van der Waals surface area contributed by atoms with Gasteiger partial charge in [0.25, 0.3) is 0 Å². The third-order valence-electron chi connectivity index (χ3n) is 4.72. The van der Waals surface area contributed by atoms with E-state index in [1.807, 2.05) is 16.7 Å². The second-order valence-electron chi connectivity index (χ2n) is 6.59. The highest BCUT2D eigenvalue weighted by molar-refractivity contribution is 14.0. The zero-order chi connectivity index (χ0) is 17.4. The number of nitrogens with one attached hydrogen (secondary N) is 1. The van der Waals surface area contributed by atoms with Crippen molar-refractivity contribution in [3.8, 4) is 0 Å². The fraction of sp³-hybridized carbons (Fsp3) is 0.882. The lowest BCUT2D eigenvalue weighted by Gasteiger charge is -2.36. The number of aliphatic imine (C=N–C) groups is 1. The minimum absolute atomic E-state index is 0. The molecular weight excluding hydrogens is 449 g/mol. The molecular formula is C17H34IN5OS. The van der Waals surface area contributed by atoms with Gasteiger partial charge in [0, 0.05) is 51.1 Å². The maximum atomic E-state index is 12.3. The van der Waals surface area contributed by atoms with Crippen molar-refractivity contribution >= 4 is 47.6 Å². The van der Waals surface area contributed by atoms with Crippen LogP contribution < -0.4 is 5.32 Å². The third kappa shape index (κ3) is 7.50. The highest BCUT2D eigenvalue weighted by Gasteiger charge is 2.24.